The third kappa shape index (κ3) is 7.02. The molecule has 11 heteroatoms. The standard InChI is InChI=1S/C15H26O10S/c1-3-10(6-4-5-9(2)7-16)23-15-13(19)14(25-26(20,21)22)12(18)11(8-17)24-15/h3,5,10-19H,1,4,6-8H2,2H3,(H,20,21,22)/b9-5+/t10-,11-,12-,13-,14+,15-/m1/s1. The predicted molar refractivity (Wildman–Crippen MR) is 89.3 cm³/mol. The normalized spacial score (nSPS) is 31.6. The number of hydrogen-bond acceptors (Lipinski definition) is 9. The SMILES string of the molecule is C=C[C@H](CC/C=C(\C)CO)O[C@@H]1O[C@H](CO)[C@@H](O)[C@H](OS(=O)(=O)O)[C@H]1O. The van der Waals surface area contributed by atoms with Gasteiger partial charge < -0.3 is 29.9 Å². The number of ether oxygens (including phenoxy) is 2. The molecule has 0 radical (unpaired) electrons. The number of aliphatic hydroxyl groups is 4. The smallest absolute Gasteiger partial charge is 0.394 e. The van der Waals surface area contributed by atoms with Crippen LogP contribution in [0.15, 0.2) is 24.3 Å². The van der Waals surface area contributed by atoms with E-state index in [-0.39, 0.29) is 6.61 Å². The van der Waals surface area contributed by atoms with E-state index >= 15 is 0 Å². The van der Waals surface area contributed by atoms with Gasteiger partial charge in [0.25, 0.3) is 0 Å². The van der Waals surface area contributed by atoms with Crippen LogP contribution < -0.4 is 0 Å². The third-order valence-electron chi connectivity index (χ3n) is 3.82. The third-order valence-corrected chi connectivity index (χ3v) is 4.29. The number of hydrogen-bond donors (Lipinski definition) is 5. The lowest BCUT2D eigenvalue weighted by atomic mass is 9.99. The van der Waals surface area contributed by atoms with Crippen LogP contribution in [-0.2, 0) is 24.1 Å². The van der Waals surface area contributed by atoms with Crippen molar-refractivity contribution in [3.05, 3.63) is 24.3 Å². The van der Waals surface area contributed by atoms with Gasteiger partial charge in [-0.3, -0.25) is 4.55 Å². The van der Waals surface area contributed by atoms with E-state index in [9.17, 15) is 23.7 Å². The van der Waals surface area contributed by atoms with Crippen LogP contribution in [0, 0.1) is 0 Å². The van der Waals surface area contributed by atoms with Gasteiger partial charge in [0.15, 0.2) is 6.29 Å². The van der Waals surface area contributed by atoms with Gasteiger partial charge in [0.2, 0.25) is 0 Å². The van der Waals surface area contributed by atoms with Crippen LogP contribution in [0.2, 0.25) is 0 Å². The van der Waals surface area contributed by atoms with Crippen molar-refractivity contribution in [3.8, 4) is 0 Å². The van der Waals surface area contributed by atoms with Crippen molar-refractivity contribution in [3.63, 3.8) is 0 Å². The first kappa shape index (κ1) is 23.1. The van der Waals surface area contributed by atoms with Crippen molar-refractivity contribution in [2.75, 3.05) is 13.2 Å². The van der Waals surface area contributed by atoms with E-state index in [4.69, 9.17) is 19.1 Å². The summed E-state index contributed by atoms with van der Waals surface area (Å²) in [7, 11) is -4.97. The molecule has 0 spiro atoms. The number of allylic oxidation sites excluding steroid dienone is 1. The summed E-state index contributed by atoms with van der Waals surface area (Å²) in [6, 6.07) is 0. The van der Waals surface area contributed by atoms with Gasteiger partial charge in [-0.15, -0.1) is 6.58 Å². The van der Waals surface area contributed by atoms with Crippen molar-refractivity contribution >= 4 is 10.4 Å². The van der Waals surface area contributed by atoms with E-state index in [1.165, 1.54) is 6.08 Å². The molecule has 1 aliphatic rings. The van der Waals surface area contributed by atoms with Crippen molar-refractivity contribution in [1.29, 1.82) is 0 Å². The minimum atomic E-state index is -4.97. The molecule has 0 bridgehead atoms. The highest BCUT2D eigenvalue weighted by Gasteiger charge is 2.48. The average Bonchev–Trinajstić information content (AvgIpc) is 2.58. The molecule has 0 aliphatic carbocycles. The quantitative estimate of drug-likeness (QED) is 0.225. The molecule has 0 aromatic heterocycles. The molecule has 10 nitrogen and oxygen atoms in total. The summed E-state index contributed by atoms with van der Waals surface area (Å²) >= 11 is 0. The van der Waals surface area contributed by atoms with Crippen LogP contribution in [0.1, 0.15) is 19.8 Å². The lowest BCUT2D eigenvalue weighted by molar-refractivity contribution is -0.304. The van der Waals surface area contributed by atoms with Gasteiger partial charge in [0.05, 0.1) is 19.3 Å². The Kier molecular flexibility index (Phi) is 9.30. The largest absolute Gasteiger partial charge is 0.397 e. The molecule has 0 saturated carbocycles. The summed E-state index contributed by atoms with van der Waals surface area (Å²) in [5, 5.41) is 38.4. The second-order valence-corrected chi connectivity index (χ2v) is 6.94. The molecule has 1 aliphatic heterocycles. The van der Waals surface area contributed by atoms with Gasteiger partial charge in [-0.25, -0.2) is 4.18 Å². The minimum Gasteiger partial charge on any atom is -0.394 e. The number of rotatable bonds is 10. The van der Waals surface area contributed by atoms with E-state index in [1.807, 2.05) is 0 Å². The molecule has 1 fully saturated rings. The second-order valence-electron chi connectivity index (χ2n) is 5.89. The molecule has 0 aromatic carbocycles. The van der Waals surface area contributed by atoms with Crippen LogP contribution in [-0.4, -0.2) is 83.4 Å². The average molecular weight is 398 g/mol. The summed E-state index contributed by atoms with van der Waals surface area (Å²) in [5.41, 5.74) is 0.770. The summed E-state index contributed by atoms with van der Waals surface area (Å²) in [6.07, 6.45) is -4.42. The van der Waals surface area contributed by atoms with Crippen molar-refractivity contribution in [1.82, 2.24) is 0 Å². The maximum atomic E-state index is 10.9. The molecule has 1 saturated heterocycles. The Morgan fingerprint density at radius 3 is 2.46 bits per heavy atom. The molecule has 1 heterocycles. The molecule has 0 unspecified atom stereocenters. The van der Waals surface area contributed by atoms with Crippen LogP contribution in [0.5, 0.6) is 0 Å². The maximum Gasteiger partial charge on any atom is 0.397 e. The van der Waals surface area contributed by atoms with E-state index < -0.39 is 53.8 Å². The highest BCUT2D eigenvalue weighted by Crippen LogP contribution is 2.27. The first-order chi connectivity index (χ1) is 12.1. The molecular weight excluding hydrogens is 372 g/mol. The predicted octanol–water partition coefficient (Wildman–Crippen LogP) is -1.10. The minimum absolute atomic E-state index is 0.0746. The molecule has 6 atom stereocenters. The first-order valence-corrected chi connectivity index (χ1v) is 9.32. The van der Waals surface area contributed by atoms with E-state index in [0.29, 0.717) is 12.8 Å². The lowest BCUT2D eigenvalue weighted by Gasteiger charge is -2.41. The van der Waals surface area contributed by atoms with Gasteiger partial charge in [-0.2, -0.15) is 8.42 Å². The van der Waals surface area contributed by atoms with Gasteiger partial charge >= 0.3 is 10.4 Å². The Labute approximate surface area is 152 Å². The molecule has 0 aromatic rings. The number of aliphatic hydroxyl groups excluding tert-OH is 4. The van der Waals surface area contributed by atoms with E-state index in [0.717, 1.165) is 5.57 Å². The van der Waals surface area contributed by atoms with E-state index in [2.05, 4.69) is 10.8 Å². The fourth-order valence-electron chi connectivity index (χ4n) is 2.39. The molecular formula is C15H26O10S. The van der Waals surface area contributed by atoms with Crippen LogP contribution in [0.25, 0.3) is 0 Å². The summed E-state index contributed by atoms with van der Waals surface area (Å²) in [6.45, 7) is 4.58. The lowest BCUT2D eigenvalue weighted by Crippen LogP contribution is -2.60. The van der Waals surface area contributed by atoms with Crippen LogP contribution >= 0.6 is 0 Å². The Morgan fingerprint density at radius 2 is 1.96 bits per heavy atom. The fraction of sp³-hybridized carbons (Fsp3) is 0.733. The van der Waals surface area contributed by atoms with Crippen LogP contribution in [0.3, 0.4) is 0 Å². The Morgan fingerprint density at radius 1 is 1.31 bits per heavy atom. The van der Waals surface area contributed by atoms with Gasteiger partial charge in [-0.1, -0.05) is 17.7 Å². The van der Waals surface area contributed by atoms with Crippen molar-refractivity contribution in [2.45, 2.75) is 56.6 Å². The Bertz CT molecular complexity index is 575. The molecule has 26 heavy (non-hydrogen) atoms. The van der Waals surface area contributed by atoms with Gasteiger partial charge in [0.1, 0.15) is 24.4 Å². The molecule has 152 valence electrons. The topological polar surface area (TPSA) is 163 Å². The van der Waals surface area contributed by atoms with E-state index in [1.54, 1.807) is 13.0 Å². The van der Waals surface area contributed by atoms with Gasteiger partial charge in [0, 0.05) is 0 Å². The summed E-state index contributed by atoms with van der Waals surface area (Å²) in [5.74, 6) is 0. The van der Waals surface area contributed by atoms with Crippen molar-refractivity contribution < 1.29 is 47.1 Å². The highest BCUT2D eigenvalue weighted by molar-refractivity contribution is 7.80. The molecule has 1 rings (SSSR count). The molecule has 5 N–H and O–H groups in total. The monoisotopic (exact) mass is 398 g/mol. The summed E-state index contributed by atoms with van der Waals surface area (Å²) < 4.78 is 45.8. The second kappa shape index (κ2) is 10.4. The molecule has 0 amide bonds. The Hall–Kier alpha value is -0.890. The maximum absolute atomic E-state index is 10.9. The Balaban J connectivity index is 2.83. The fourth-order valence-corrected chi connectivity index (χ4v) is 2.90. The van der Waals surface area contributed by atoms with Crippen molar-refractivity contribution in [2.24, 2.45) is 0 Å². The summed E-state index contributed by atoms with van der Waals surface area (Å²) in [4.78, 5) is 0. The highest BCUT2D eigenvalue weighted by atomic mass is 32.3. The van der Waals surface area contributed by atoms with Crippen LogP contribution in [0.4, 0.5) is 0 Å². The van der Waals surface area contributed by atoms with Gasteiger partial charge in [-0.05, 0) is 19.8 Å². The zero-order chi connectivity index (χ0) is 19.9. The zero-order valence-corrected chi connectivity index (χ0v) is 15.2. The first-order valence-electron chi connectivity index (χ1n) is 7.95. The zero-order valence-electron chi connectivity index (χ0n) is 14.3.